The minimum Gasteiger partial charge on any atom is -0.348 e. The number of carbonyl (C=O) groups excluding carboxylic acids is 2. The molecule has 0 aliphatic carbocycles. The zero-order valence-corrected chi connectivity index (χ0v) is 18.3. The van der Waals surface area contributed by atoms with Crippen LogP contribution in [0.5, 0.6) is 0 Å². The topological polar surface area (TPSA) is 65.5 Å². The van der Waals surface area contributed by atoms with Crippen LogP contribution in [0.2, 0.25) is 0 Å². The first-order valence-corrected chi connectivity index (χ1v) is 10.4. The molecule has 1 aromatic heterocycles. The molecular formula is C24H20F4N4O2. The summed E-state index contributed by atoms with van der Waals surface area (Å²) in [5.41, 5.74) is 1.05. The largest absolute Gasteiger partial charge is 0.348 e. The van der Waals surface area contributed by atoms with Gasteiger partial charge in [-0.2, -0.15) is 0 Å². The highest BCUT2D eigenvalue weighted by molar-refractivity contribution is 5.99. The van der Waals surface area contributed by atoms with Crippen LogP contribution in [-0.2, 0) is 13.1 Å². The average Bonchev–Trinajstić information content (AvgIpc) is 2.80. The van der Waals surface area contributed by atoms with Crippen LogP contribution in [0.4, 0.5) is 28.0 Å². The summed E-state index contributed by atoms with van der Waals surface area (Å²) in [6, 6.07) is 6.51. The molecule has 4 rings (SSSR count). The molecule has 0 saturated heterocycles. The summed E-state index contributed by atoms with van der Waals surface area (Å²) in [5.74, 6) is -4.52. The number of anilines is 1. The molecule has 2 aromatic carbocycles. The van der Waals surface area contributed by atoms with E-state index in [0.29, 0.717) is 17.8 Å². The summed E-state index contributed by atoms with van der Waals surface area (Å²) in [6.07, 6.45) is 2.46. The number of aromatic nitrogens is 1. The summed E-state index contributed by atoms with van der Waals surface area (Å²) in [4.78, 5) is 32.3. The number of carbonyl (C=O) groups is 2. The van der Waals surface area contributed by atoms with Gasteiger partial charge in [0.1, 0.15) is 23.3 Å². The molecule has 0 radical (unpaired) electrons. The highest BCUT2D eigenvalue weighted by Gasteiger charge is 2.34. The fraction of sp³-hybridized carbons (Fsp3) is 0.208. The number of halogens is 4. The zero-order chi connectivity index (χ0) is 24.6. The van der Waals surface area contributed by atoms with Crippen LogP contribution in [0.15, 0.2) is 48.8 Å². The van der Waals surface area contributed by atoms with E-state index in [4.69, 9.17) is 0 Å². The minimum atomic E-state index is -1.11. The molecule has 0 unspecified atom stereocenters. The molecule has 0 fully saturated rings. The fourth-order valence-electron chi connectivity index (χ4n) is 3.81. The van der Waals surface area contributed by atoms with E-state index in [1.807, 2.05) is 6.92 Å². The second-order valence-electron chi connectivity index (χ2n) is 7.93. The lowest BCUT2D eigenvalue weighted by Gasteiger charge is -2.39. The number of hydrogen-bond donors (Lipinski definition) is 1. The van der Waals surface area contributed by atoms with Crippen LogP contribution in [0.25, 0.3) is 0 Å². The van der Waals surface area contributed by atoms with Gasteiger partial charge in [0.15, 0.2) is 0 Å². The van der Waals surface area contributed by atoms with Crippen LogP contribution in [-0.4, -0.2) is 28.9 Å². The van der Waals surface area contributed by atoms with Crippen LogP contribution >= 0.6 is 0 Å². The Morgan fingerprint density at radius 1 is 1.06 bits per heavy atom. The molecule has 0 saturated carbocycles. The van der Waals surface area contributed by atoms with Crippen molar-refractivity contribution < 1.29 is 27.2 Å². The van der Waals surface area contributed by atoms with Crippen molar-refractivity contribution in [3.63, 3.8) is 0 Å². The van der Waals surface area contributed by atoms with Gasteiger partial charge in [-0.15, -0.1) is 0 Å². The van der Waals surface area contributed by atoms with Crippen molar-refractivity contribution in [3.8, 4) is 0 Å². The first-order chi connectivity index (χ1) is 16.2. The van der Waals surface area contributed by atoms with Gasteiger partial charge >= 0.3 is 6.03 Å². The molecule has 176 valence electrons. The maximum atomic E-state index is 14.2. The maximum Gasteiger partial charge on any atom is 0.325 e. The Labute approximate surface area is 192 Å². The van der Waals surface area contributed by atoms with Crippen LogP contribution in [0.1, 0.15) is 40.0 Å². The summed E-state index contributed by atoms with van der Waals surface area (Å²) in [6.45, 7) is 1.23. The van der Waals surface area contributed by atoms with E-state index in [-0.39, 0.29) is 29.7 Å². The lowest BCUT2D eigenvalue weighted by atomic mass is 9.98. The molecule has 1 atom stereocenters. The van der Waals surface area contributed by atoms with Crippen molar-refractivity contribution in [2.24, 2.45) is 0 Å². The van der Waals surface area contributed by atoms with E-state index in [1.165, 1.54) is 34.2 Å². The molecule has 3 amide bonds. The van der Waals surface area contributed by atoms with Gasteiger partial charge in [0, 0.05) is 48.6 Å². The lowest BCUT2D eigenvalue weighted by molar-refractivity contribution is 0.0950. The third-order valence-electron chi connectivity index (χ3n) is 5.86. The maximum absolute atomic E-state index is 14.2. The Kier molecular flexibility index (Phi) is 6.23. The van der Waals surface area contributed by atoms with E-state index in [1.54, 1.807) is 13.1 Å². The van der Waals surface area contributed by atoms with Gasteiger partial charge in [-0.25, -0.2) is 22.4 Å². The number of fused-ring (bicyclic) bond motifs is 1. The number of urea groups is 1. The van der Waals surface area contributed by atoms with Gasteiger partial charge in [0.05, 0.1) is 24.5 Å². The first-order valence-electron chi connectivity index (χ1n) is 10.4. The van der Waals surface area contributed by atoms with E-state index in [2.05, 4.69) is 10.3 Å². The van der Waals surface area contributed by atoms with Crippen molar-refractivity contribution in [3.05, 3.63) is 94.3 Å². The quantitative estimate of drug-likeness (QED) is 0.548. The Morgan fingerprint density at radius 3 is 2.44 bits per heavy atom. The Bertz CT molecular complexity index is 1260. The normalized spacial score (nSPS) is 15.4. The monoisotopic (exact) mass is 472 g/mol. The van der Waals surface area contributed by atoms with Gasteiger partial charge in [-0.05, 0) is 30.7 Å². The summed E-state index contributed by atoms with van der Waals surface area (Å²) in [7, 11) is 1.62. The van der Waals surface area contributed by atoms with E-state index in [9.17, 15) is 27.2 Å². The lowest BCUT2D eigenvalue weighted by Crippen LogP contribution is -2.46. The second kappa shape index (κ2) is 9.12. The van der Waals surface area contributed by atoms with Crippen LogP contribution in [0.3, 0.4) is 0 Å². The van der Waals surface area contributed by atoms with Crippen molar-refractivity contribution in [2.75, 3.05) is 11.9 Å². The number of amides is 3. The van der Waals surface area contributed by atoms with Crippen LogP contribution in [0, 0.1) is 23.3 Å². The van der Waals surface area contributed by atoms with Crippen molar-refractivity contribution in [1.82, 2.24) is 15.2 Å². The van der Waals surface area contributed by atoms with E-state index < -0.39 is 41.3 Å². The highest BCUT2D eigenvalue weighted by Crippen LogP contribution is 2.37. The fourth-order valence-corrected chi connectivity index (χ4v) is 3.81. The predicted molar refractivity (Wildman–Crippen MR) is 116 cm³/mol. The second-order valence-corrected chi connectivity index (χ2v) is 7.93. The molecule has 2 heterocycles. The molecule has 34 heavy (non-hydrogen) atoms. The molecule has 10 heteroatoms. The smallest absolute Gasteiger partial charge is 0.325 e. The molecule has 1 N–H and O–H groups in total. The number of pyridine rings is 1. The number of rotatable bonds is 5. The number of nitrogens with one attached hydrogen (secondary N) is 1. The average molecular weight is 472 g/mol. The van der Waals surface area contributed by atoms with Gasteiger partial charge in [-0.3, -0.25) is 14.7 Å². The Morgan fingerprint density at radius 2 is 1.76 bits per heavy atom. The molecule has 6 nitrogen and oxygen atoms in total. The standard InChI is InChI=1S/C24H20F4N4O2/c1-13-17-4-3-14(23(33)30-10-18-19(26)8-16(25)9-20(18)27)7-22(17)32(24(34)31(13)2)12-15-5-6-29-11-21(15)28/h3-9,11,13H,10,12H2,1-2H3,(H,30,33)/t13-/m1/s1. The van der Waals surface area contributed by atoms with E-state index in [0.717, 1.165) is 11.8 Å². The Balaban J connectivity index is 1.63. The minimum absolute atomic E-state index is 0.0890. The summed E-state index contributed by atoms with van der Waals surface area (Å²) in [5, 5.41) is 2.40. The van der Waals surface area contributed by atoms with Crippen molar-refractivity contribution in [2.45, 2.75) is 26.1 Å². The van der Waals surface area contributed by atoms with Crippen molar-refractivity contribution >= 4 is 17.6 Å². The molecule has 0 bridgehead atoms. The molecular weight excluding hydrogens is 452 g/mol. The van der Waals surface area contributed by atoms with Crippen LogP contribution < -0.4 is 10.2 Å². The first kappa shape index (κ1) is 23.2. The van der Waals surface area contributed by atoms with E-state index >= 15 is 0 Å². The predicted octanol–water partition coefficient (Wildman–Crippen LogP) is 4.70. The zero-order valence-electron chi connectivity index (χ0n) is 18.3. The van der Waals surface area contributed by atoms with Crippen molar-refractivity contribution in [1.29, 1.82) is 0 Å². The third-order valence-corrected chi connectivity index (χ3v) is 5.86. The van der Waals surface area contributed by atoms with Gasteiger partial charge in [0.25, 0.3) is 5.91 Å². The number of nitrogens with zero attached hydrogens (tertiary/aromatic N) is 3. The summed E-state index contributed by atoms with van der Waals surface area (Å²) < 4.78 is 55.1. The van der Waals surface area contributed by atoms with Gasteiger partial charge in [-0.1, -0.05) is 6.07 Å². The van der Waals surface area contributed by atoms with Gasteiger partial charge in [0.2, 0.25) is 0 Å². The SMILES string of the molecule is C[C@@H]1c2ccc(C(=O)NCc3c(F)cc(F)cc3F)cc2N(Cc2ccncc2F)C(=O)N1C. The number of hydrogen-bond acceptors (Lipinski definition) is 3. The molecule has 1 aliphatic heterocycles. The molecule has 3 aromatic rings. The Hall–Kier alpha value is -3.95. The van der Waals surface area contributed by atoms with Gasteiger partial charge < -0.3 is 10.2 Å². The molecule has 0 spiro atoms. The highest BCUT2D eigenvalue weighted by atomic mass is 19.1. The third kappa shape index (κ3) is 4.30. The summed E-state index contributed by atoms with van der Waals surface area (Å²) >= 11 is 0. The molecule has 1 aliphatic rings. The number of benzene rings is 2.